The predicted octanol–water partition coefficient (Wildman–Crippen LogP) is 12.0. The summed E-state index contributed by atoms with van der Waals surface area (Å²) < 4.78 is 4.81. The van der Waals surface area contributed by atoms with Crippen molar-refractivity contribution in [2.45, 2.75) is 13.8 Å². The van der Waals surface area contributed by atoms with Gasteiger partial charge in [0.05, 0.1) is 16.6 Å². The smallest absolute Gasteiger partial charge is 0.0541 e. The van der Waals surface area contributed by atoms with Gasteiger partial charge in [0.25, 0.3) is 0 Å². The summed E-state index contributed by atoms with van der Waals surface area (Å²) in [6, 6.07) is 62.2. The van der Waals surface area contributed by atoms with Crippen LogP contribution in [0.4, 0.5) is 0 Å². The van der Waals surface area contributed by atoms with Gasteiger partial charge in [-0.3, -0.25) is 0 Å². The van der Waals surface area contributed by atoms with Crippen LogP contribution in [0.25, 0.3) is 100 Å². The second-order valence-electron chi connectivity index (χ2n) is 13.6. The van der Waals surface area contributed by atoms with E-state index in [2.05, 4.69) is 205 Å². The Morgan fingerprint density at radius 3 is 1.69 bits per heavy atom. The third-order valence-electron chi connectivity index (χ3n) is 10.8. The first-order valence-electron chi connectivity index (χ1n) is 18.1. The van der Waals surface area contributed by atoms with Crippen molar-refractivity contribution in [3.8, 4) is 33.6 Å². The molecule has 8 aromatic carbocycles. The van der Waals surface area contributed by atoms with Crippen LogP contribution in [0.15, 0.2) is 170 Å². The molecule has 0 aliphatic rings. The molecule has 2 heterocycles. The van der Waals surface area contributed by atoms with E-state index in [9.17, 15) is 0 Å². The Kier molecular flexibility index (Phi) is 6.97. The molecule has 0 fully saturated rings. The second kappa shape index (κ2) is 12.0. The molecule has 10 rings (SSSR count). The summed E-state index contributed by atoms with van der Waals surface area (Å²) in [6.07, 6.45) is 4.48. The first-order valence-corrected chi connectivity index (χ1v) is 18.1. The number of nitrogens with zero attached hydrogens (tertiary/aromatic N) is 2. The molecule has 0 unspecified atom stereocenters. The highest BCUT2D eigenvalue weighted by Crippen LogP contribution is 2.37. The number of hydrogen-bond donors (Lipinski definition) is 0. The highest BCUT2D eigenvalue weighted by molar-refractivity contribution is 6.12. The molecule has 2 heteroatoms. The minimum atomic E-state index is 1.16. The number of fused-ring (bicyclic) bond motifs is 7. The van der Waals surface area contributed by atoms with Crippen molar-refractivity contribution < 1.29 is 0 Å². The minimum absolute atomic E-state index is 1.16. The Hall–Kier alpha value is -6.64. The number of aromatic nitrogens is 2. The van der Waals surface area contributed by atoms with E-state index in [1.54, 1.807) is 0 Å². The van der Waals surface area contributed by atoms with Crippen LogP contribution in [0.5, 0.6) is 0 Å². The Labute approximate surface area is 302 Å². The molecule has 0 atom stereocenters. The van der Waals surface area contributed by atoms with Crippen LogP contribution >= 0.6 is 0 Å². The van der Waals surface area contributed by atoms with Gasteiger partial charge in [0.15, 0.2) is 0 Å². The Morgan fingerprint density at radius 2 is 0.923 bits per heavy atom. The zero-order valence-electron chi connectivity index (χ0n) is 29.2. The van der Waals surface area contributed by atoms with Gasteiger partial charge >= 0.3 is 0 Å². The van der Waals surface area contributed by atoms with Crippen molar-refractivity contribution >= 4 is 66.4 Å². The lowest BCUT2D eigenvalue weighted by Gasteiger charge is -2.11. The quantitative estimate of drug-likeness (QED) is 0.166. The summed E-state index contributed by atoms with van der Waals surface area (Å²) in [5.41, 5.74) is 10.8. The Balaban J connectivity index is 1.11. The maximum absolute atomic E-state index is 2.42. The Morgan fingerprint density at radius 1 is 0.346 bits per heavy atom. The van der Waals surface area contributed by atoms with Gasteiger partial charge in [0.2, 0.25) is 0 Å². The average molecular weight is 665 g/mol. The highest BCUT2D eigenvalue weighted by atomic mass is 15.0. The molecular weight excluding hydrogens is 629 g/mol. The van der Waals surface area contributed by atoms with Gasteiger partial charge in [-0.25, -0.2) is 0 Å². The molecular formula is C50H36N2. The largest absolute Gasteiger partial charge is 0.310 e. The summed E-state index contributed by atoms with van der Waals surface area (Å²) in [7, 11) is 0. The summed E-state index contributed by atoms with van der Waals surface area (Å²) in [4.78, 5) is 0. The maximum atomic E-state index is 2.42. The third kappa shape index (κ3) is 4.65. The van der Waals surface area contributed by atoms with Crippen LogP contribution in [0.2, 0.25) is 0 Å². The average Bonchev–Trinajstić information content (AvgIpc) is 3.72. The number of para-hydroxylation sites is 1. The van der Waals surface area contributed by atoms with Crippen LogP contribution < -0.4 is 10.6 Å². The van der Waals surface area contributed by atoms with Crippen molar-refractivity contribution in [3.63, 3.8) is 0 Å². The van der Waals surface area contributed by atoms with Crippen molar-refractivity contribution in [2.24, 2.45) is 0 Å². The molecule has 0 radical (unpaired) electrons. The van der Waals surface area contributed by atoms with E-state index < -0.39 is 0 Å². The summed E-state index contributed by atoms with van der Waals surface area (Å²) >= 11 is 0. The molecule has 0 spiro atoms. The van der Waals surface area contributed by atoms with Gasteiger partial charge in [-0.05, 0) is 112 Å². The zero-order valence-corrected chi connectivity index (χ0v) is 29.2. The van der Waals surface area contributed by atoms with Crippen molar-refractivity contribution in [2.75, 3.05) is 0 Å². The van der Waals surface area contributed by atoms with E-state index in [1.165, 1.54) is 92.8 Å². The number of benzene rings is 8. The first-order chi connectivity index (χ1) is 25.7. The lowest BCUT2D eigenvalue weighted by Crippen LogP contribution is -2.27. The molecule has 52 heavy (non-hydrogen) atoms. The fourth-order valence-corrected chi connectivity index (χ4v) is 8.38. The van der Waals surface area contributed by atoms with E-state index >= 15 is 0 Å². The van der Waals surface area contributed by atoms with Crippen LogP contribution in [-0.4, -0.2) is 9.13 Å². The van der Waals surface area contributed by atoms with Gasteiger partial charge in [-0.2, -0.15) is 0 Å². The SMILES string of the molecule is C/C=c1\c(=C/C)n(-c2ccc(-c3ccccc3)cc2)c2ccc(-c3ccc4c(c3)c3ccccc3n4-c3ccc4c(ccc5ccccc54)c3)cc12. The topological polar surface area (TPSA) is 9.86 Å². The van der Waals surface area contributed by atoms with Crippen LogP contribution in [-0.2, 0) is 0 Å². The van der Waals surface area contributed by atoms with E-state index in [0.29, 0.717) is 0 Å². The summed E-state index contributed by atoms with van der Waals surface area (Å²) in [6.45, 7) is 4.28. The Bertz CT molecular complexity index is 3120. The number of hydrogen-bond acceptors (Lipinski definition) is 0. The van der Waals surface area contributed by atoms with Crippen molar-refractivity contribution in [1.29, 1.82) is 0 Å². The lowest BCUT2D eigenvalue weighted by atomic mass is 10.0. The fourth-order valence-electron chi connectivity index (χ4n) is 8.38. The normalized spacial score (nSPS) is 12.7. The third-order valence-corrected chi connectivity index (χ3v) is 10.8. The van der Waals surface area contributed by atoms with Crippen molar-refractivity contribution in [3.05, 3.63) is 180 Å². The molecule has 0 bridgehead atoms. The van der Waals surface area contributed by atoms with Gasteiger partial charge in [0.1, 0.15) is 0 Å². The molecule has 2 aromatic heterocycles. The lowest BCUT2D eigenvalue weighted by molar-refractivity contribution is 1.07. The van der Waals surface area contributed by atoms with Crippen LogP contribution in [0.3, 0.4) is 0 Å². The maximum Gasteiger partial charge on any atom is 0.0541 e. The molecule has 0 aliphatic heterocycles. The van der Waals surface area contributed by atoms with Gasteiger partial charge in [-0.1, -0.05) is 127 Å². The van der Waals surface area contributed by atoms with Crippen LogP contribution in [0.1, 0.15) is 13.8 Å². The molecule has 246 valence electrons. The second-order valence-corrected chi connectivity index (χ2v) is 13.6. The summed E-state index contributed by atoms with van der Waals surface area (Å²) in [5.74, 6) is 0. The summed E-state index contributed by atoms with van der Waals surface area (Å²) in [5, 5.41) is 11.3. The molecule has 0 saturated carbocycles. The molecule has 0 aliphatic carbocycles. The molecule has 2 nitrogen and oxygen atoms in total. The van der Waals surface area contributed by atoms with E-state index in [0.717, 1.165) is 5.69 Å². The number of rotatable bonds is 4. The van der Waals surface area contributed by atoms with E-state index in [1.807, 2.05) is 0 Å². The van der Waals surface area contributed by atoms with Gasteiger partial charge < -0.3 is 9.13 Å². The molecule has 0 amide bonds. The standard InChI is InChI=1S/C50H36N2/c1-3-41-45-31-36(22-28-49(45)51(47(41)4-2)39-24-20-34(21-25-39)33-12-6-5-7-13-33)37-23-29-50-46(32-37)44-16-10-11-17-48(44)52(50)40-26-27-43-38(30-40)19-18-35-14-8-9-15-42(35)43/h3-32H,1-2H3/b41-3-,47-4+. The molecule has 0 N–H and O–H groups in total. The first kappa shape index (κ1) is 30.2. The fraction of sp³-hybridized carbons (Fsp3) is 0.0400. The monoisotopic (exact) mass is 664 g/mol. The zero-order chi connectivity index (χ0) is 34.8. The van der Waals surface area contributed by atoms with E-state index in [-0.39, 0.29) is 0 Å². The van der Waals surface area contributed by atoms with Crippen LogP contribution in [0, 0.1) is 0 Å². The molecule has 10 aromatic rings. The minimum Gasteiger partial charge on any atom is -0.310 e. The highest BCUT2D eigenvalue weighted by Gasteiger charge is 2.16. The van der Waals surface area contributed by atoms with Crippen molar-refractivity contribution in [1.82, 2.24) is 9.13 Å². The van der Waals surface area contributed by atoms with E-state index in [4.69, 9.17) is 0 Å². The predicted molar refractivity (Wildman–Crippen MR) is 223 cm³/mol. The van der Waals surface area contributed by atoms with Gasteiger partial charge in [0, 0.05) is 38.1 Å². The van der Waals surface area contributed by atoms with Gasteiger partial charge in [-0.15, -0.1) is 0 Å². The molecule has 0 saturated heterocycles.